The Hall–Kier alpha value is -2.38. The molecule has 0 saturated heterocycles. The summed E-state index contributed by atoms with van der Waals surface area (Å²) >= 11 is 1.45. The zero-order chi connectivity index (χ0) is 13.2. The minimum Gasteiger partial charge on any atom is -0.334 e. The molecule has 0 amide bonds. The molecular weight excluding hydrogens is 254 g/mol. The highest BCUT2D eigenvalue weighted by atomic mass is 32.1. The molecule has 0 spiro atoms. The van der Waals surface area contributed by atoms with Gasteiger partial charge in [0.1, 0.15) is 11.1 Å². The predicted octanol–water partition coefficient (Wildman–Crippen LogP) is 3.94. The second kappa shape index (κ2) is 4.71. The van der Waals surface area contributed by atoms with E-state index in [0.717, 1.165) is 21.6 Å². The molecule has 92 valence electrons. The summed E-state index contributed by atoms with van der Waals surface area (Å²) in [6, 6.07) is 17.9. The smallest absolute Gasteiger partial charge is 0.124 e. The van der Waals surface area contributed by atoms with Gasteiger partial charge in [0.2, 0.25) is 0 Å². The predicted molar refractivity (Wildman–Crippen MR) is 78.8 cm³/mol. The van der Waals surface area contributed by atoms with Crippen LogP contribution in [0.5, 0.6) is 0 Å². The number of hydrogen-bond acceptors (Lipinski definition) is 4. The van der Waals surface area contributed by atoms with Gasteiger partial charge >= 0.3 is 0 Å². The zero-order valence-electron chi connectivity index (χ0n) is 10.4. The van der Waals surface area contributed by atoms with Gasteiger partial charge in [-0.2, -0.15) is 9.64 Å². The Labute approximate surface area is 115 Å². The molecule has 0 bridgehead atoms. The van der Waals surface area contributed by atoms with Crippen molar-refractivity contribution in [2.45, 2.75) is 0 Å². The second-order valence-electron chi connectivity index (χ2n) is 4.19. The van der Waals surface area contributed by atoms with Gasteiger partial charge in [0, 0.05) is 12.4 Å². The van der Waals surface area contributed by atoms with Crippen molar-refractivity contribution < 1.29 is 0 Å². The van der Waals surface area contributed by atoms with Crippen LogP contribution in [0, 0.1) is 11.3 Å². The number of para-hydroxylation sites is 1. The Bertz CT molecular complexity index is 770. The van der Waals surface area contributed by atoms with E-state index >= 15 is 0 Å². The fourth-order valence-corrected chi connectivity index (χ4v) is 2.92. The molecule has 2 aromatic carbocycles. The van der Waals surface area contributed by atoms with Crippen molar-refractivity contribution in [3.8, 4) is 6.07 Å². The molecule has 0 aliphatic carbocycles. The van der Waals surface area contributed by atoms with Crippen LogP contribution in [0.3, 0.4) is 0 Å². The van der Waals surface area contributed by atoms with Crippen LogP contribution >= 0.6 is 11.5 Å². The molecule has 3 aromatic rings. The van der Waals surface area contributed by atoms with Crippen molar-refractivity contribution in [2.24, 2.45) is 0 Å². The maximum absolute atomic E-state index is 9.19. The zero-order valence-corrected chi connectivity index (χ0v) is 11.2. The number of hydrogen-bond donors (Lipinski definition) is 0. The summed E-state index contributed by atoms with van der Waals surface area (Å²) in [7, 11) is 1.97. The highest BCUT2D eigenvalue weighted by Crippen LogP contribution is 2.35. The molecule has 0 saturated carbocycles. The van der Waals surface area contributed by atoms with E-state index in [1.807, 2.05) is 54.4 Å². The summed E-state index contributed by atoms with van der Waals surface area (Å²) in [6.45, 7) is 0. The van der Waals surface area contributed by atoms with E-state index in [0.29, 0.717) is 5.56 Å². The van der Waals surface area contributed by atoms with Crippen molar-refractivity contribution in [1.29, 1.82) is 5.26 Å². The molecule has 0 atom stereocenters. The lowest BCUT2D eigenvalue weighted by atomic mass is 10.1. The molecule has 3 nitrogen and oxygen atoms in total. The lowest BCUT2D eigenvalue weighted by Crippen LogP contribution is -2.09. The first-order chi connectivity index (χ1) is 9.31. The number of anilines is 2. The molecule has 4 heteroatoms. The van der Waals surface area contributed by atoms with Gasteiger partial charge in [-0.3, -0.25) is 0 Å². The van der Waals surface area contributed by atoms with E-state index in [4.69, 9.17) is 0 Å². The van der Waals surface area contributed by atoms with Gasteiger partial charge in [0.15, 0.2) is 0 Å². The molecule has 0 fully saturated rings. The summed E-state index contributed by atoms with van der Waals surface area (Å²) in [6.07, 6.45) is 0. The van der Waals surface area contributed by atoms with Crippen LogP contribution in [-0.2, 0) is 0 Å². The highest BCUT2D eigenvalue weighted by Gasteiger charge is 2.14. The lowest BCUT2D eigenvalue weighted by molar-refractivity contribution is 1.23. The molecule has 1 heterocycles. The van der Waals surface area contributed by atoms with Gasteiger partial charge in [-0.25, -0.2) is 0 Å². The Morgan fingerprint density at radius 1 is 1.11 bits per heavy atom. The number of rotatable bonds is 2. The van der Waals surface area contributed by atoms with Crippen LogP contribution in [0.15, 0.2) is 48.5 Å². The van der Waals surface area contributed by atoms with Gasteiger partial charge in [-0.05, 0) is 35.8 Å². The van der Waals surface area contributed by atoms with Crippen molar-refractivity contribution in [3.05, 3.63) is 54.1 Å². The number of aromatic nitrogens is 1. The van der Waals surface area contributed by atoms with E-state index in [1.54, 1.807) is 0 Å². The van der Waals surface area contributed by atoms with Crippen LogP contribution in [-0.4, -0.2) is 11.4 Å². The molecule has 0 unspecified atom stereocenters. The van der Waals surface area contributed by atoms with Crippen LogP contribution in [0.4, 0.5) is 10.7 Å². The summed E-state index contributed by atoms with van der Waals surface area (Å²) in [4.78, 5) is 2.03. The highest BCUT2D eigenvalue weighted by molar-refractivity contribution is 7.12. The summed E-state index contributed by atoms with van der Waals surface area (Å²) < 4.78 is 4.44. The molecule has 3 rings (SSSR count). The Morgan fingerprint density at radius 2 is 1.84 bits per heavy atom. The molecular formula is C15H11N3S. The van der Waals surface area contributed by atoms with Crippen LogP contribution in [0.25, 0.3) is 10.9 Å². The van der Waals surface area contributed by atoms with Crippen LogP contribution in [0.2, 0.25) is 0 Å². The van der Waals surface area contributed by atoms with Crippen LogP contribution < -0.4 is 4.90 Å². The van der Waals surface area contributed by atoms with Crippen molar-refractivity contribution in [3.63, 3.8) is 0 Å². The summed E-state index contributed by atoms with van der Waals surface area (Å²) in [5.74, 6) is 0. The molecule has 19 heavy (non-hydrogen) atoms. The fraction of sp³-hybridized carbons (Fsp3) is 0.0667. The monoisotopic (exact) mass is 265 g/mol. The van der Waals surface area contributed by atoms with Gasteiger partial charge in [-0.15, -0.1) is 0 Å². The Kier molecular flexibility index (Phi) is 2.90. The first-order valence-corrected chi connectivity index (χ1v) is 6.66. The standard InChI is InChI=1S/C15H11N3S/c1-18(14-9-5-2-6-11(14)10-16)15-12-7-3-4-8-13(12)17-19-15/h2-9H,1H3. The Balaban J connectivity index is 2.14. The van der Waals surface area contributed by atoms with E-state index in [-0.39, 0.29) is 0 Å². The van der Waals surface area contributed by atoms with Gasteiger partial charge in [-0.1, -0.05) is 24.3 Å². The van der Waals surface area contributed by atoms with Crippen molar-refractivity contribution >= 4 is 33.1 Å². The number of nitrogens with zero attached hydrogens (tertiary/aromatic N) is 3. The maximum atomic E-state index is 9.19. The topological polar surface area (TPSA) is 39.9 Å². The average molecular weight is 265 g/mol. The fourth-order valence-electron chi connectivity index (χ4n) is 2.09. The molecule has 0 radical (unpaired) electrons. The average Bonchev–Trinajstić information content (AvgIpc) is 2.90. The van der Waals surface area contributed by atoms with E-state index in [1.165, 1.54) is 11.5 Å². The molecule has 0 N–H and O–H groups in total. The quantitative estimate of drug-likeness (QED) is 0.704. The third-order valence-electron chi connectivity index (χ3n) is 3.06. The van der Waals surface area contributed by atoms with E-state index < -0.39 is 0 Å². The second-order valence-corrected chi connectivity index (χ2v) is 4.94. The Morgan fingerprint density at radius 3 is 2.68 bits per heavy atom. The minimum absolute atomic E-state index is 0.669. The third-order valence-corrected chi connectivity index (χ3v) is 4.01. The largest absolute Gasteiger partial charge is 0.334 e. The van der Waals surface area contributed by atoms with Crippen LogP contribution in [0.1, 0.15) is 5.56 Å². The number of benzene rings is 2. The van der Waals surface area contributed by atoms with Gasteiger partial charge in [0.05, 0.1) is 16.8 Å². The first-order valence-electron chi connectivity index (χ1n) is 5.88. The van der Waals surface area contributed by atoms with E-state index in [2.05, 4.69) is 16.5 Å². The number of nitriles is 1. The number of fused-ring (bicyclic) bond motifs is 1. The minimum atomic E-state index is 0.669. The third kappa shape index (κ3) is 1.94. The normalized spacial score (nSPS) is 10.3. The molecule has 1 aromatic heterocycles. The first kappa shape index (κ1) is 11.7. The molecule has 0 aliphatic heterocycles. The van der Waals surface area contributed by atoms with Crippen molar-refractivity contribution in [1.82, 2.24) is 4.37 Å². The summed E-state index contributed by atoms with van der Waals surface area (Å²) in [5.41, 5.74) is 2.56. The SMILES string of the molecule is CN(c1ccccc1C#N)c1snc2ccccc12. The van der Waals surface area contributed by atoms with Gasteiger partial charge in [0.25, 0.3) is 0 Å². The maximum Gasteiger partial charge on any atom is 0.124 e. The lowest BCUT2D eigenvalue weighted by Gasteiger charge is -2.18. The summed E-state index contributed by atoms with van der Waals surface area (Å²) in [5, 5.41) is 11.4. The van der Waals surface area contributed by atoms with E-state index in [9.17, 15) is 5.26 Å². The van der Waals surface area contributed by atoms with Crippen molar-refractivity contribution in [2.75, 3.05) is 11.9 Å². The van der Waals surface area contributed by atoms with Gasteiger partial charge < -0.3 is 4.90 Å². The molecule has 0 aliphatic rings.